The molecule has 0 spiro atoms. The van der Waals surface area contributed by atoms with Crippen molar-refractivity contribution in [3.05, 3.63) is 0 Å². The minimum absolute atomic E-state index is 0.263. The number of hydrogen-bond acceptors (Lipinski definition) is 4. The van der Waals surface area contributed by atoms with Gasteiger partial charge < -0.3 is 19.7 Å². The van der Waals surface area contributed by atoms with Crippen molar-refractivity contribution >= 4 is 6.09 Å². The molecule has 1 N–H and O–H groups in total. The number of nitrogens with one attached hydrogen (secondary N) is 1. The molecule has 1 fully saturated rings. The molecule has 5 heteroatoms. The van der Waals surface area contributed by atoms with Crippen molar-refractivity contribution in [1.82, 2.24) is 10.2 Å². The lowest BCUT2D eigenvalue weighted by atomic mass is 10.1. The monoisotopic (exact) mass is 300 g/mol. The second kappa shape index (κ2) is 8.59. The van der Waals surface area contributed by atoms with Crippen LogP contribution < -0.4 is 5.32 Å². The molecule has 5 nitrogen and oxygen atoms in total. The van der Waals surface area contributed by atoms with Crippen molar-refractivity contribution in [2.24, 2.45) is 5.92 Å². The third-order valence-corrected chi connectivity index (χ3v) is 3.87. The van der Waals surface area contributed by atoms with Crippen molar-refractivity contribution in [2.75, 3.05) is 33.4 Å². The Bertz CT molecular complexity index is 315. The number of carbonyl (C=O) groups is 1. The normalized spacial score (nSPS) is 22.3. The molecule has 0 bridgehead atoms. The lowest BCUT2D eigenvalue weighted by Crippen LogP contribution is -2.44. The zero-order valence-corrected chi connectivity index (χ0v) is 14.3. The van der Waals surface area contributed by atoms with E-state index in [0.29, 0.717) is 25.7 Å². The van der Waals surface area contributed by atoms with Crippen molar-refractivity contribution < 1.29 is 14.3 Å². The fourth-order valence-corrected chi connectivity index (χ4v) is 2.66. The Kier molecular flexibility index (Phi) is 7.46. The number of nitrogens with zero attached hydrogens (tertiary/aromatic N) is 1. The summed E-state index contributed by atoms with van der Waals surface area (Å²) in [4.78, 5) is 13.9. The quantitative estimate of drug-likeness (QED) is 0.785. The van der Waals surface area contributed by atoms with Crippen molar-refractivity contribution in [3.8, 4) is 0 Å². The van der Waals surface area contributed by atoms with E-state index < -0.39 is 5.60 Å². The van der Waals surface area contributed by atoms with Crippen molar-refractivity contribution in [2.45, 2.75) is 58.6 Å². The van der Waals surface area contributed by atoms with Gasteiger partial charge in [-0.3, -0.25) is 0 Å². The third-order valence-electron chi connectivity index (χ3n) is 3.87. The molecule has 1 rings (SSSR count). The number of rotatable bonds is 7. The van der Waals surface area contributed by atoms with Gasteiger partial charge in [0.2, 0.25) is 0 Å². The number of methoxy groups -OCH3 is 1. The zero-order chi connectivity index (χ0) is 15.9. The van der Waals surface area contributed by atoms with Crippen LogP contribution in [0.15, 0.2) is 0 Å². The molecule has 0 aromatic heterocycles. The highest BCUT2D eigenvalue weighted by Crippen LogP contribution is 2.24. The van der Waals surface area contributed by atoms with E-state index in [0.717, 1.165) is 12.5 Å². The number of ether oxygens (including phenoxy) is 2. The summed E-state index contributed by atoms with van der Waals surface area (Å²) in [5, 5.41) is 3.57. The van der Waals surface area contributed by atoms with E-state index in [1.54, 1.807) is 12.0 Å². The summed E-state index contributed by atoms with van der Waals surface area (Å²) in [5.74, 6) is 0.735. The first-order chi connectivity index (χ1) is 9.83. The minimum Gasteiger partial charge on any atom is -0.444 e. The standard InChI is InChI=1S/C16H32N2O3/c1-13-7-6-8-14(13)17-9-10-18(11-12-20-5)15(19)21-16(2,3)4/h13-14,17H,6-12H2,1-5H3. The SMILES string of the molecule is COCCN(CCNC1CCCC1C)C(=O)OC(C)(C)C. The summed E-state index contributed by atoms with van der Waals surface area (Å²) in [6.45, 7) is 10.5. The highest BCUT2D eigenvalue weighted by atomic mass is 16.6. The molecule has 1 amide bonds. The predicted octanol–water partition coefficient (Wildman–Crippen LogP) is 2.65. The smallest absolute Gasteiger partial charge is 0.410 e. The van der Waals surface area contributed by atoms with Crippen molar-refractivity contribution in [1.29, 1.82) is 0 Å². The van der Waals surface area contributed by atoms with Crippen LogP contribution in [0.5, 0.6) is 0 Å². The maximum Gasteiger partial charge on any atom is 0.410 e. The molecule has 1 saturated carbocycles. The third kappa shape index (κ3) is 7.14. The van der Waals surface area contributed by atoms with E-state index in [9.17, 15) is 4.79 Å². The van der Waals surface area contributed by atoms with E-state index in [-0.39, 0.29) is 6.09 Å². The molecule has 124 valence electrons. The molecule has 2 unspecified atom stereocenters. The molecule has 0 aromatic rings. The first-order valence-electron chi connectivity index (χ1n) is 8.03. The Morgan fingerprint density at radius 2 is 2.00 bits per heavy atom. The van der Waals surface area contributed by atoms with Crippen LogP contribution in [-0.4, -0.2) is 56.0 Å². The van der Waals surface area contributed by atoms with Crippen LogP contribution in [0.3, 0.4) is 0 Å². The second-order valence-corrected chi connectivity index (χ2v) is 6.93. The zero-order valence-electron chi connectivity index (χ0n) is 14.3. The van der Waals surface area contributed by atoms with Crippen LogP contribution in [0.2, 0.25) is 0 Å². The van der Waals surface area contributed by atoms with Crippen LogP contribution in [0.4, 0.5) is 4.79 Å². The minimum atomic E-state index is -0.462. The fraction of sp³-hybridized carbons (Fsp3) is 0.938. The first-order valence-corrected chi connectivity index (χ1v) is 8.03. The summed E-state index contributed by atoms with van der Waals surface area (Å²) < 4.78 is 10.5. The second-order valence-electron chi connectivity index (χ2n) is 6.93. The lowest BCUT2D eigenvalue weighted by Gasteiger charge is -2.28. The number of amides is 1. The highest BCUT2D eigenvalue weighted by Gasteiger charge is 2.24. The maximum atomic E-state index is 12.2. The Hall–Kier alpha value is -0.810. The van der Waals surface area contributed by atoms with Gasteiger partial charge in [0.25, 0.3) is 0 Å². The van der Waals surface area contributed by atoms with Gasteiger partial charge in [-0.1, -0.05) is 13.3 Å². The van der Waals surface area contributed by atoms with Gasteiger partial charge in [-0.05, 0) is 39.5 Å². The highest BCUT2D eigenvalue weighted by molar-refractivity contribution is 5.68. The van der Waals surface area contributed by atoms with Gasteiger partial charge in [0.1, 0.15) is 5.60 Å². The van der Waals surface area contributed by atoms with E-state index in [1.807, 2.05) is 20.8 Å². The molecule has 1 aliphatic carbocycles. The van der Waals surface area contributed by atoms with Gasteiger partial charge >= 0.3 is 6.09 Å². The Morgan fingerprint density at radius 3 is 2.52 bits per heavy atom. The Balaban J connectivity index is 2.39. The molecule has 0 radical (unpaired) electrons. The molecular weight excluding hydrogens is 268 g/mol. The van der Waals surface area contributed by atoms with Gasteiger partial charge in [-0.15, -0.1) is 0 Å². The van der Waals surface area contributed by atoms with Crippen LogP contribution in [0.1, 0.15) is 47.0 Å². The molecule has 0 heterocycles. The van der Waals surface area contributed by atoms with Crippen LogP contribution >= 0.6 is 0 Å². The maximum absolute atomic E-state index is 12.2. The lowest BCUT2D eigenvalue weighted by molar-refractivity contribution is 0.0202. The van der Waals surface area contributed by atoms with E-state index in [4.69, 9.17) is 9.47 Å². The fourth-order valence-electron chi connectivity index (χ4n) is 2.66. The summed E-state index contributed by atoms with van der Waals surface area (Å²) in [6, 6.07) is 0.591. The summed E-state index contributed by atoms with van der Waals surface area (Å²) >= 11 is 0. The van der Waals surface area contributed by atoms with E-state index in [2.05, 4.69) is 12.2 Å². The molecule has 0 aliphatic heterocycles. The van der Waals surface area contributed by atoms with Crippen molar-refractivity contribution in [3.63, 3.8) is 0 Å². The average molecular weight is 300 g/mol. The molecule has 1 aliphatic rings. The summed E-state index contributed by atoms with van der Waals surface area (Å²) in [7, 11) is 1.64. The molecule has 0 saturated heterocycles. The van der Waals surface area contributed by atoms with Crippen LogP contribution in [0, 0.1) is 5.92 Å². The summed E-state index contributed by atoms with van der Waals surface area (Å²) in [6.07, 6.45) is 3.59. The van der Waals surface area contributed by atoms with Gasteiger partial charge in [-0.25, -0.2) is 4.79 Å². The first kappa shape index (κ1) is 18.2. The molecule has 0 aromatic carbocycles. The van der Waals surface area contributed by atoms with Gasteiger partial charge in [-0.2, -0.15) is 0 Å². The number of hydrogen-bond donors (Lipinski definition) is 1. The predicted molar refractivity (Wildman–Crippen MR) is 84.5 cm³/mol. The topological polar surface area (TPSA) is 50.8 Å². The Labute approximate surface area is 129 Å². The van der Waals surface area contributed by atoms with Crippen LogP contribution in [0.25, 0.3) is 0 Å². The van der Waals surface area contributed by atoms with E-state index >= 15 is 0 Å². The molecule has 2 atom stereocenters. The van der Waals surface area contributed by atoms with Gasteiger partial charge in [0, 0.05) is 32.8 Å². The van der Waals surface area contributed by atoms with Gasteiger partial charge in [0.15, 0.2) is 0 Å². The van der Waals surface area contributed by atoms with Gasteiger partial charge in [0.05, 0.1) is 6.61 Å². The average Bonchev–Trinajstić information content (AvgIpc) is 2.77. The number of carbonyl (C=O) groups excluding carboxylic acids is 1. The largest absolute Gasteiger partial charge is 0.444 e. The van der Waals surface area contributed by atoms with E-state index in [1.165, 1.54) is 19.3 Å². The van der Waals surface area contributed by atoms with Crippen LogP contribution in [-0.2, 0) is 9.47 Å². The molecule has 21 heavy (non-hydrogen) atoms. The molecular formula is C16H32N2O3. The summed E-state index contributed by atoms with van der Waals surface area (Å²) in [5.41, 5.74) is -0.462. The Morgan fingerprint density at radius 1 is 1.29 bits per heavy atom.